The molecule has 140 valence electrons. The van der Waals surface area contributed by atoms with Crippen LogP contribution in [0.1, 0.15) is 11.5 Å². The summed E-state index contributed by atoms with van der Waals surface area (Å²) in [7, 11) is 3.42. The second kappa shape index (κ2) is 8.29. The van der Waals surface area contributed by atoms with Gasteiger partial charge in [0.15, 0.2) is 0 Å². The Labute approximate surface area is 151 Å². The minimum atomic E-state index is -0.437. The molecule has 1 aromatic heterocycles. The van der Waals surface area contributed by atoms with Gasteiger partial charge in [-0.25, -0.2) is 4.39 Å². The summed E-state index contributed by atoms with van der Waals surface area (Å²) in [6.45, 7) is 1.97. The third-order valence-corrected chi connectivity index (χ3v) is 4.45. The highest BCUT2D eigenvalue weighted by Crippen LogP contribution is 2.31. The maximum Gasteiger partial charge on any atom is 0.229 e. The molecule has 8 heteroatoms. The van der Waals surface area contributed by atoms with E-state index in [0.717, 1.165) is 5.56 Å². The first-order chi connectivity index (χ1) is 12.6. The van der Waals surface area contributed by atoms with Crippen LogP contribution in [-0.2, 0) is 16.6 Å². The van der Waals surface area contributed by atoms with Crippen molar-refractivity contribution in [1.82, 2.24) is 15.1 Å². The van der Waals surface area contributed by atoms with Crippen molar-refractivity contribution in [2.75, 3.05) is 38.7 Å². The molecule has 3 rings (SSSR count). The van der Waals surface area contributed by atoms with Gasteiger partial charge in [0.1, 0.15) is 18.2 Å². The summed E-state index contributed by atoms with van der Waals surface area (Å²) >= 11 is 0. The zero-order chi connectivity index (χ0) is 18.5. The van der Waals surface area contributed by atoms with E-state index in [2.05, 4.69) is 15.7 Å². The fourth-order valence-electron chi connectivity index (χ4n) is 3.12. The minimum Gasteiger partial charge on any atom is -0.489 e. The lowest BCUT2D eigenvalue weighted by atomic mass is 9.90. The van der Waals surface area contributed by atoms with E-state index in [0.29, 0.717) is 37.7 Å². The van der Waals surface area contributed by atoms with Gasteiger partial charge in [0.2, 0.25) is 5.91 Å². The van der Waals surface area contributed by atoms with E-state index in [1.165, 1.54) is 18.2 Å². The highest BCUT2D eigenvalue weighted by atomic mass is 19.1. The smallest absolute Gasteiger partial charge is 0.229 e. The van der Waals surface area contributed by atoms with Crippen molar-refractivity contribution in [3.63, 3.8) is 0 Å². The van der Waals surface area contributed by atoms with E-state index in [1.54, 1.807) is 18.0 Å². The molecule has 1 amide bonds. The van der Waals surface area contributed by atoms with Crippen LogP contribution >= 0.6 is 0 Å². The van der Waals surface area contributed by atoms with Crippen molar-refractivity contribution in [2.45, 2.75) is 5.92 Å². The second-order valence-electron chi connectivity index (χ2n) is 6.29. The number of methoxy groups -OCH3 is 1. The molecule has 26 heavy (non-hydrogen) atoms. The van der Waals surface area contributed by atoms with Gasteiger partial charge < -0.3 is 20.1 Å². The van der Waals surface area contributed by atoms with Crippen molar-refractivity contribution < 1.29 is 18.7 Å². The zero-order valence-corrected chi connectivity index (χ0v) is 14.9. The number of carbonyl (C=O) groups is 1. The lowest BCUT2D eigenvalue weighted by Gasteiger charge is -2.18. The van der Waals surface area contributed by atoms with Gasteiger partial charge in [-0.2, -0.15) is 5.10 Å². The standard InChI is InChI=1S/C18H23FN4O3/c1-23-11-12(8-21-23)14-9-20-10-15(14)18(24)22-16-7-13(19)3-4-17(16)26-6-5-25-2/h3-4,7-8,11,14-15,20H,5-6,9-10H2,1-2H3,(H,22,24)/t14-,15+/m1/s1. The maximum atomic E-state index is 13.7. The van der Waals surface area contributed by atoms with Crippen LogP contribution in [0.4, 0.5) is 10.1 Å². The molecule has 2 atom stereocenters. The van der Waals surface area contributed by atoms with E-state index in [1.807, 2.05) is 13.2 Å². The summed E-state index contributed by atoms with van der Waals surface area (Å²) in [6, 6.07) is 4.07. The molecule has 1 aliphatic rings. The number of nitrogens with one attached hydrogen (secondary N) is 2. The minimum absolute atomic E-state index is 0.0233. The van der Waals surface area contributed by atoms with Crippen LogP contribution in [0.3, 0.4) is 0 Å². The summed E-state index contributed by atoms with van der Waals surface area (Å²) < 4.78 is 25.9. The van der Waals surface area contributed by atoms with E-state index in [-0.39, 0.29) is 17.7 Å². The lowest BCUT2D eigenvalue weighted by Crippen LogP contribution is -2.28. The predicted octanol–water partition coefficient (Wildman–Crippen LogP) is 1.53. The maximum absolute atomic E-state index is 13.7. The second-order valence-corrected chi connectivity index (χ2v) is 6.29. The summed E-state index contributed by atoms with van der Waals surface area (Å²) in [5.41, 5.74) is 1.33. The number of aryl methyl sites for hydroxylation is 1. The number of amides is 1. The Hall–Kier alpha value is -2.45. The van der Waals surface area contributed by atoms with Gasteiger partial charge >= 0.3 is 0 Å². The number of carbonyl (C=O) groups excluding carboxylic acids is 1. The quantitative estimate of drug-likeness (QED) is 0.731. The number of benzene rings is 1. The van der Waals surface area contributed by atoms with Crippen LogP contribution in [0.15, 0.2) is 30.6 Å². The molecule has 2 N–H and O–H groups in total. The molecule has 0 bridgehead atoms. The Balaban J connectivity index is 1.73. The lowest BCUT2D eigenvalue weighted by molar-refractivity contribution is -0.119. The number of anilines is 1. The fraction of sp³-hybridized carbons (Fsp3) is 0.444. The van der Waals surface area contributed by atoms with Gasteiger partial charge in [-0.15, -0.1) is 0 Å². The van der Waals surface area contributed by atoms with Crippen molar-refractivity contribution in [3.05, 3.63) is 42.0 Å². The molecule has 2 heterocycles. The molecule has 1 saturated heterocycles. The molecule has 1 aliphatic heterocycles. The molecular weight excluding hydrogens is 339 g/mol. The Bertz CT molecular complexity index is 765. The van der Waals surface area contributed by atoms with Gasteiger partial charge in [-0.1, -0.05) is 0 Å². The SMILES string of the molecule is COCCOc1ccc(F)cc1NC(=O)[C@H]1CNC[C@@H]1c1cnn(C)c1. The zero-order valence-electron chi connectivity index (χ0n) is 14.9. The average molecular weight is 362 g/mol. The fourth-order valence-corrected chi connectivity index (χ4v) is 3.12. The Morgan fingerprint density at radius 2 is 2.27 bits per heavy atom. The number of rotatable bonds is 7. The number of hydrogen-bond acceptors (Lipinski definition) is 5. The van der Waals surface area contributed by atoms with Crippen LogP contribution in [0.2, 0.25) is 0 Å². The third kappa shape index (κ3) is 4.20. The van der Waals surface area contributed by atoms with E-state index in [9.17, 15) is 9.18 Å². The monoisotopic (exact) mass is 362 g/mol. The summed E-state index contributed by atoms with van der Waals surface area (Å²) in [6.07, 6.45) is 3.69. The van der Waals surface area contributed by atoms with Gasteiger partial charge in [0.05, 0.1) is 24.4 Å². The van der Waals surface area contributed by atoms with Gasteiger partial charge in [-0.3, -0.25) is 9.48 Å². The molecule has 0 saturated carbocycles. The largest absolute Gasteiger partial charge is 0.489 e. The Kier molecular flexibility index (Phi) is 5.85. The van der Waals surface area contributed by atoms with Crippen LogP contribution in [0.5, 0.6) is 5.75 Å². The summed E-state index contributed by atoms with van der Waals surface area (Å²) in [5.74, 6) is -0.441. The van der Waals surface area contributed by atoms with Crippen LogP contribution in [-0.4, -0.2) is 49.1 Å². The van der Waals surface area contributed by atoms with Crippen molar-refractivity contribution in [2.24, 2.45) is 13.0 Å². The molecule has 0 radical (unpaired) electrons. The van der Waals surface area contributed by atoms with E-state index < -0.39 is 5.82 Å². The molecular formula is C18H23FN4O3. The summed E-state index contributed by atoms with van der Waals surface area (Å²) in [5, 5.41) is 10.2. The number of ether oxygens (including phenoxy) is 2. The first-order valence-corrected chi connectivity index (χ1v) is 8.50. The van der Waals surface area contributed by atoms with Crippen molar-refractivity contribution >= 4 is 11.6 Å². The van der Waals surface area contributed by atoms with Crippen LogP contribution in [0, 0.1) is 11.7 Å². The molecule has 1 aromatic carbocycles. The van der Waals surface area contributed by atoms with E-state index >= 15 is 0 Å². The third-order valence-electron chi connectivity index (χ3n) is 4.45. The molecule has 1 fully saturated rings. The normalized spacial score (nSPS) is 19.5. The molecule has 0 aliphatic carbocycles. The Morgan fingerprint density at radius 1 is 1.42 bits per heavy atom. The van der Waals surface area contributed by atoms with E-state index in [4.69, 9.17) is 9.47 Å². The number of aromatic nitrogens is 2. The Morgan fingerprint density at radius 3 is 3.00 bits per heavy atom. The van der Waals surface area contributed by atoms with Gasteiger partial charge in [-0.05, 0) is 17.7 Å². The van der Waals surface area contributed by atoms with Gasteiger partial charge in [0.25, 0.3) is 0 Å². The molecule has 2 aromatic rings. The highest BCUT2D eigenvalue weighted by Gasteiger charge is 2.35. The predicted molar refractivity (Wildman–Crippen MR) is 94.7 cm³/mol. The van der Waals surface area contributed by atoms with Crippen LogP contribution < -0.4 is 15.4 Å². The first-order valence-electron chi connectivity index (χ1n) is 8.50. The molecule has 0 unspecified atom stereocenters. The molecule has 0 spiro atoms. The average Bonchev–Trinajstić information content (AvgIpc) is 3.25. The number of nitrogens with zero attached hydrogens (tertiary/aromatic N) is 2. The molecule has 7 nitrogen and oxygen atoms in total. The number of hydrogen-bond donors (Lipinski definition) is 2. The van der Waals surface area contributed by atoms with Crippen molar-refractivity contribution in [3.8, 4) is 5.75 Å². The van der Waals surface area contributed by atoms with Crippen LogP contribution in [0.25, 0.3) is 0 Å². The van der Waals surface area contributed by atoms with Gasteiger partial charge in [0, 0.05) is 45.4 Å². The number of halogens is 1. The van der Waals surface area contributed by atoms with Crippen molar-refractivity contribution in [1.29, 1.82) is 0 Å². The first kappa shape index (κ1) is 18.3. The topological polar surface area (TPSA) is 77.4 Å². The highest BCUT2D eigenvalue weighted by molar-refractivity contribution is 5.95. The summed E-state index contributed by atoms with van der Waals surface area (Å²) in [4.78, 5) is 12.8.